The molecule has 2 aliphatic heterocycles. The SMILES string of the molecule is O=C(O)NC[C@H]1CN(C(=O)C2CCN(C3CC3)CC2)C[C@H]1c1ccc(Cl)cc1. The van der Waals surface area contributed by atoms with Crippen LogP contribution in [0.2, 0.25) is 5.02 Å². The van der Waals surface area contributed by atoms with Crippen molar-refractivity contribution >= 4 is 23.6 Å². The first-order valence-corrected chi connectivity index (χ1v) is 10.6. The monoisotopic (exact) mass is 405 g/mol. The average molecular weight is 406 g/mol. The first-order chi connectivity index (χ1) is 13.5. The Bertz CT molecular complexity index is 714. The fourth-order valence-corrected chi connectivity index (χ4v) is 4.90. The minimum absolute atomic E-state index is 0.0766. The molecule has 2 N–H and O–H groups in total. The molecular formula is C21H28ClN3O3. The molecule has 2 heterocycles. The van der Waals surface area contributed by atoms with Crippen LogP contribution < -0.4 is 5.32 Å². The average Bonchev–Trinajstić information content (AvgIpc) is 3.46. The number of benzene rings is 1. The van der Waals surface area contributed by atoms with Gasteiger partial charge in [-0.15, -0.1) is 0 Å². The Labute approximate surface area is 170 Å². The minimum atomic E-state index is -1.02. The van der Waals surface area contributed by atoms with Gasteiger partial charge in [-0.1, -0.05) is 23.7 Å². The first kappa shape index (κ1) is 19.5. The van der Waals surface area contributed by atoms with E-state index in [9.17, 15) is 9.59 Å². The van der Waals surface area contributed by atoms with Gasteiger partial charge in [-0.3, -0.25) is 4.79 Å². The van der Waals surface area contributed by atoms with E-state index < -0.39 is 6.09 Å². The predicted molar refractivity (Wildman–Crippen MR) is 108 cm³/mol. The van der Waals surface area contributed by atoms with E-state index >= 15 is 0 Å². The van der Waals surface area contributed by atoms with Crippen LogP contribution in [0.3, 0.4) is 0 Å². The molecule has 152 valence electrons. The predicted octanol–water partition coefficient (Wildman–Crippen LogP) is 3.02. The molecule has 0 radical (unpaired) electrons. The molecule has 6 nitrogen and oxygen atoms in total. The molecule has 3 aliphatic rings. The number of hydrogen-bond acceptors (Lipinski definition) is 3. The number of carbonyl (C=O) groups excluding carboxylic acids is 1. The van der Waals surface area contributed by atoms with Gasteiger partial charge in [0.25, 0.3) is 0 Å². The Hall–Kier alpha value is -1.79. The maximum atomic E-state index is 13.2. The summed E-state index contributed by atoms with van der Waals surface area (Å²) >= 11 is 6.02. The van der Waals surface area contributed by atoms with Gasteiger partial charge < -0.3 is 20.2 Å². The molecule has 7 heteroatoms. The lowest BCUT2D eigenvalue weighted by Gasteiger charge is -2.33. The van der Waals surface area contributed by atoms with E-state index in [-0.39, 0.29) is 23.7 Å². The molecule has 1 aromatic rings. The number of piperidine rings is 1. The second-order valence-corrected chi connectivity index (χ2v) is 8.83. The maximum absolute atomic E-state index is 13.2. The van der Waals surface area contributed by atoms with Gasteiger partial charge >= 0.3 is 6.09 Å². The van der Waals surface area contributed by atoms with Gasteiger partial charge in [-0.05, 0) is 56.5 Å². The molecule has 2 amide bonds. The zero-order valence-corrected chi connectivity index (χ0v) is 16.8. The molecule has 0 spiro atoms. The summed E-state index contributed by atoms with van der Waals surface area (Å²) in [4.78, 5) is 28.6. The number of carbonyl (C=O) groups is 2. The van der Waals surface area contributed by atoms with Gasteiger partial charge in [0.1, 0.15) is 0 Å². The fraction of sp³-hybridized carbons (Fsp3) is 0.619. The van der Waals surface area contributed by atoms with Crippen LogP contribution in [0.5, 0.6) is 0 Å². The van der Waals surface area contributed by atoms with E-state index in [2.05, 4.69) is 10.2 Å². The highest BCUT2D eigenvalue weighted by Crippen LogP contribution is 2.36. The third-order valence-electron chi connectivity index (χ3n) is 6.51. The molecule has 28 heavy (non-hydrogen) atoms. The number of hydrogen-bond donors (Lipinski definition) is 2. The van der Waals surface area contributed by atoms with Crippen molar-refractivity contribution in [3.63, 3.8) is 0 Å². The van der Waals surface area contributed by atoms with Crippen molar-refractivity contribution in [1.82, 2.24) is 15.1 Å². The highest BCUT2D eigenvalue weighted by Gasteiger charge is 2.40. The van der Waals surface area contributed by atoms with Crippen molar-refractivity contribution in [2.24, 2.45) is 11.8 Å². The fourth-order valence-electron chi connectivity index (χ4n) is 4.77. The molecule has 0 unspecified atom stereocenters. The van der Waals surface area contributed by atoms with E-state index in [4.69, 9.17) is 16.7 Å². The highest BCUT2D eigenvalue weighted by atomic mass is 35.5. The summed E-state index contributed by atoms with van der Waals surface area (Å²) in [5.74, 6) is 0.548. The second-order valence-electron chi connectivity index (χ2n) is 8.39. The Balaban J connectivity index is 1.41. The molecule has 1 aromatic carbocycles. The van der Waals surface area contributed by atoms with Crippen LogP contribution in [0.25, 0.3) is 0 Å². The van der Waals surface area contributed by atoms with Crippen molar-refractivity contribution in [3.8, 4) is 0 Å². The zero-order valence-electron chi connectivity index (χ0n) is 16.0. The second kappa shape index (κ2) is 8.29. The smallest absolute Gasteiger partial charge is 0.404 e. The first-order valence-electron chi connectivity index (χ1n) is 10.3. The van der Waals surface area contributed by atoms with E-state index in [1.807, 2.05) is 29.2 Å². The normalized spacial score (nSPS) is 26.4. The van der Waals surface area contributed by atoms with E-state index in [0.717, 1.165) is 37.5 Å². The van der Waals surface area contributed by atoms with Crippen LogP contribution in [0.1, 0.15) is 37.2 Å². The number of likely N-dealkylation sites (tertiary alicyclic amines) is 2. The van der Waals surface area contributed by atoms with Gasteiger partial charge in [0, 0.05) is 48.5 Å². The van der Waals surface area contributed by atoms with Crippen LogP contribution in [0.15, 0.2) is 24.3 Å². The molecule has 3 fully saturated rings. The van der Waals surface area contributed by atoms with Crippen LogP contribution in [0, 0.1) is 11.8 Å². The lowest BCUT2D eigenvalue weighted by molar-refractivity contribution is -0.136. The summed E-state index contributed by atoms with van der Waals surface area (Å²) in [5.41, 5.74) is 1.11. The summed E-state index contributed by atoms with van der Waals surface area (Å²) in [6.07, 6.45) is 3.48. The number of halogens is 1. The molecule has 2 atom stereocenters. The van der Waals surface area contributed by atoms with Gasteiger partial charge in [0.15, 0.2) is 0 Å². The summed E-state index contributed by atoms with van der Waals surface area (Å²) < 4.78 is 0. The molecular weight excluding hydrogens is 378 g/mol. The zero-order chi connectivity index (χ0) is 19.7. The Kier molecular flexibility index (Phi) is 5.78. The molecule has 0 bridgehead atoms. The van der Waals surface area contributed by atoms with E-state index in [1.165, 1.54) is 12.8 Å². The number of carboxylic acid groups (broad SMARTS) is 1. The third kappa shape index (κ3) is 4.44. The Morgan fingerprint density at radius 1 is 1.07 bits per heavy atom. The largest absolute Gasteiger partial charge is 0.465 e. The van der Waals surface area contributed by atoms with Crippen LogP contribution in [0.4, 0.5) is 4.79 Å². The van der Waals surface area contributed by atoms with Crippen molar-refractivity contribution in [2.45, 2.75) is 37.6 Å². The van der Waals surface area contributed by atoms with E-state index in [1.54, 1.807) is 0 Å². The van der Waals surface area contributed by atoms with Gasteiger partial charge in [-0.25, -0.2) is 4.79 Å². The lowest BCUT2D eigenvalue weighted by Crippen LogP contribution is -2.42. The number of rotatable bonds is 5. The number of nitrogens with one attached hydrogen (secondary N) is 1. The Morgan fingerprint density at radius 2 is 1.75 bits per heavy atom. The maximum Gasteiger partial charge on any atom is 0.404 e. The molecule has 2 saturated heterocycles. The van der Waals surface area contributed by atoms with Crippen LogP contribution >= 0.6 is 11.6 Å². The number of nitrogens with zero attached hydrogens (tertiary/aromatic N) is 2. The third-order valence-corrected chi connectivity index (χ3v) is 6.76. The van der Waals surface area contributed by atoms with Gasteiger partial charge in [0.2, 0.25) is 5.91 Å². The summed E-state index contributed by atoms with van der Waals surface area (Å²) in [7, 11) is 0. The van der Waals surface area contributed by atoms with Crippen LogP contribution in [-0.2, 0) is 4.79 Å². The molecule has 4 rings (SSSR count). The molecule has 1 saturated carbocycles. The van der Waals surface area contributed by atoms with Crippen molar-refractivity contribution in [2.75, 3.05) is 32.7 Å². The topological polar surface area (TPSA) is 72.9 Å². The van der Waals surface area contributed by atoms with Gasteiger partial charge in [0.05, 0.1) is 0 Å². The van der Waals surface area contributed by atoms with Crippen LogP contribution in [-0.4, -0.2) is 65.7 Å². The number of amides is 2. The molecule has 1 aliphatic carbocycles. The quantitative estimate of drug-likeness (QED) is 0.789. The van der Waals surface area contributed by atoms with E-state index in [0.29, 0.717) is 24.7 Å². The lowest BCUT2D eigenvalue weighted by atomic mass is 9.89. The summed E-state index contributed by atoms with van der Waals surface area (Å²) in [6, 6.07) is 8.46. The molecule has 0 aromatic heterocycles. The van der Waals surface area contributed by atoms with Crippen molar-refractivity contribution in [3.05, 3.63) is 34.9 Å². The standard InChI is InChI=1S/C21H28ClN3O3/c22-17-3-1-14(2-4-17)19-13-25(12-16(19)11-23-21(27)28)20(26)15-7-9-24(10-8-15)18-5-6-18/h1-4,15-16,18-19,23H,5-13H2,(H,27,28)/t16-,19-/m0/s1. The summed E-state index contributed by atoms with van der Waals surface area (Å²) in [6.45, 7) is 3.66. The van der Waals surface area contributed by atoms with Gasteiger partial charge in [-0.2, -0.15) is 0 Å². The highest BCUT2D eigenvalue weighted by molar-refractivity contribution is 6.30. The van der Waals surface area contributed by atoms with Crippen molar-refractivity contribution < 1.29 is 14.7 Å². The minimum Gasteiger partial charge on any atom is -0.465 e. The Morgan fingerprint density at radius 3 is 2.36 bits per heavy atom. The van der Waals surface area contributed by atoms with Crippen molar-refractivity contribution in [1.29, 1.82) is 0 Å². The summed E-state index contributed by atoms with van der Waals surface area (Å²) in [5, 5.41) is 12.2.